The summed E-state index contributed by atoms with van der Waals surface area (Å²) in [6, 6.07) is 12.1. The Bertz CT molecular complexity index is 1270. The van der Waals surface area contributed by atoms with E-state index in [2.05, 4.69) is 25.6 Å². The van der Waals surface area contributed by atoms with Crippen molar-refractivity contribution in [3.63, 3.8) is 0 Å². The monoisotopic (exact) mass is 421 g/mol. The van der Waals surface area contributed by atoms with E-state index in [9.17, 15) is 18.0 Å². The Morgan fingerprint density at radius 3 is 2.48 bits per heavy atom. The second kappa shape index (κ2) is 8.62. The SMILES string of the molecule is O=C(Nc1cnccc1-c1ccccc1F)c1ccnc(Nc2ccc(F)cc2F)n1. The molecule has 0 radical (unpaired) electrons. The van der Waals surface area contributed by atoms with Crippen LogP contribution in [-0.2, 0) is 0 Å². The van der Waals surface area contributed by atoms with Crippen LogP contribution in [0, 0.1) is 17.5 Å². The fourth-order valence-electron chi connectivity index (χ4n) is 2.85. The minimum absolute atomic E-state index is 0.0247. The molecular weight excluding hydrogens is 407 g/mol. The van der Waals surface area contributed by atoms with E-state index in [4.69, 9.17) is 0 Å². The van der Waals surface area contributed by atoms with Crippen LogP contribution in [0.3, 0.4) is 0 Å². The van der Waals surface area contributed by atoms with Gasteiger partial charge in [0.15, 0.2) is 0 Å². The van der Waals surface area contributed by atoms with Gasteiger partial charge in [-0.3, -0.25) is 9.78 Å². The molecule has 0 atom stereocenters. The van der Waals surface area contributed by atoms with Crippen LogP contribution in [0.4, 0.5) is 30.5 Å². The molecule has 1 amide bonds. The zero-order valence-corrected chi connectivity index (χ0v) is 15.8. The molecule has 0 spiro atoms. The standard InChI is InChI=1S/C22H14F3N5O/c23-13-5-6-18(17(25)11-13)29-22-27-10-8-19(30-22)21(31)28-20-12-26-9-7-15(20)14-3-1-2-4-16(14)24/h1-12H,(H,28,31)(H,27,29,30). The molecule has 2 aromatic carbocycles. The predicted octanol–water partition coefficient (Wildman–Crippen LogP) is 4.95. The highest BCUT2D eigenvalue weighted by molar-refractivity contribution is 6.05. The lowest BCUT2D eigenvalue weighted by molar-refractivity contribution is 0.102. The van der Waals surface area contributed by atoms with Crippen LogP contribution < -0.4 is 10.6 Å². The van der Waals surface area contributed by atoms with E-state index in [-0.39, 0.29) is 23.0 Å². The molecule has 0 aliphatic rings. The summed E-state index contributed by atoms with van der Waals surface area (Å²) in [6.07, 6.45) is 4.20. The summed E-state index contributed by atoms with van der Waals surface area (Å²) < 4.78 is 41.1. The molecule has 0 aliphatic carbocycles. The number of carbonyl (C=O) groups excluding carboxylic acids is 1. The van der Waals surface area contributed by atoms with Crippen molar-refractivity contribution in [1.29, 1.82) is 0 Å². The van der Waals surface area contributed by atoms with E-state index in [1.54, 1.807) is 24.3 Å². The minimum atomic E-state index is -0.830. The fraction of sp³-hybridized carbons (Fsp3) is 0. The largest absolute Gasteiger partial charge is 0.322 e. The Labute approximate surface area is 174 Å². The van der Waals surface area contributed by atoms with Gasteiger partial charge in [-0.05, 0) is 30.3 Å². The minimum Gasteiger partial charge on any atom is -0.322 e. The number of rotatable bonds is 5. The first-order valence-corrected chi connectivity index (χ1v) is 9.06. The lowest BCUT2D eigenvalue weighted by atomic mass is 10.0. The Kier molecular flexibility index (Phi) is 5.57. The Balaban J connectivity index is 1.58. The Hall–Kier alpha value is -4.27. The summed E-state index contributed by atoms with van der Waals surface area (Å²) >= 11 is 0. The molecule has 0 saturated carbocycles. The molecule has 2 aromatic heterocycles. The molecule has 6 nitrogen and oxygen atoms in total. The molecule has 2 N–H and O–H groups in total. The van der Waals surface area contributed by atoms with E-state index in [1.807, 2.05) is 0 Å². The van der Waals surface area contributed by atoms with Crippen LogP contribution >= 0.6 is 0 Å². The molecule has 154 valence electrons. The third-order valence-corrected chi connectivity index (χ3v) is 4.30. The number of pyridine rings is 1. The lowest BCUT2D eigenvalue weighted by Crippen LogP contribution is -2.15. The highest BCUT2D eigenvalue weighted by atomic mass is 19.1. The van der Waals surface area contributed by atoms with Gasteiger partial charge < -0.3 is 10.6 Å². The topological polar surface area (TPSA) is 79.8 Å². The molecule has 2 heterocycles. The van der Waals surface area contributed by atoms with Gasteiger partial charge in [0.05, 0.1) is 17.6 Å². The predicted molar refractivity (Wildman–Crippen MR) is 109 cm³/mol. The quantitative estimate of drug-likeness (QED) is 0.477. The average Bonchev–Trinajstić information content (AvgIpc) is 2.77. The summed E-state index contributed by atoms with van der Waals surface area (Å²) in [5.41, 5.74) is 0.964. The van der Waals surface area contributed by atoms with Gasteiger partial charge in [-0.1, -0.05) is 18.2 Å². The number of carbonyl (C=O) groups is 1. The number of halogens is 3. The smallest absolute Gasteiger partial charge is 0.274 e. The number of aromatic nitrogens is 3. The second-order valence-electron chi connectivity index (χ2n) is 6.37. The van der Waals surface area contributed by atoms with Crippen molar-refractivity contribution in [3.8, 4) is 11.1 Å². The fourth-order valence-corrected chi connectivity index (χ4v) is 2.85. The van der Waals surface area contributed by atoms with E-state index in [1.165, 1.54) is 36.8 Å². The Morgan fingerprint density at radius 1 is 0.839 bits per heavy atom. The van der Waals surface area contributed by atoms with Crippen molar-refractivity contribution < 1.29 is 18.0 Å². The number of hydrogen-bond acceptors (Lipinski definition) is 5. The van der Waals surface area contributed by atoms with Crippen molar-refractivity contribution in [1.82, 2.24) is 15.0 Å². The van der Waals surface area contributed by atoms with Gasteiger partial charge in [0.25, 0.3) is 5.91 Å². The summed E-state index contributed by atoms with van der Waals surface area (Å²) in [5.74, 6) is -2.66. The summed E-state index contributed by atoms with van der Waals surface area (Å²) in [4.78, 5) is 24.7. The number of nitrogens with one attached hydrogen (secondary N) is 2. The first kappa shape index (κ1) is 20.0. The van der Waals surface area contributed by atoms with Gasteiger partial charge in [-0.25, -0.2) is 23.1 Å². The highest BCUT2D eigenvalue weighted by Gasteiger charge is 2.15. The van der Waals surface area contributed by atoms with Crippen LogP contribution in [0.5, 0.6) is 0 Å². The number of anilines is 3. The maximum Gasteiger partial charge on any atom is 0.274 e. The van der Waals surface area contributed by atoms with E-state index >= 15 is 0 Å². The molecule has 9 heteroatoms. The van der Waals surface area contributed by atoms with E-state index in [0.29, 0.717) is 17.2 Å². The molecule has 4 aromatic rings. The van der Waals surface area contributed by atoms with Gasteiger partial charge in [0, 0.05) is 29.6 Å². The number of nitrogens with zero attached hydrogens (tertiary/aromatic N) is 3. The zero-order valence-electron chi connectivity index (χ0n) is 15.8. The van der Waals surface area contributed by atoms with Crippen LogP contribution in [0.25, 0.3) is 11.1 Å². The van der Waals surface area contributed by atoms with Crippen molar-refractivity contribution in [2.45, 2.75) is 0 Å². The molecule has 0 saturated heterocycles. The first-order chi connectivity index (χ1) is 15.0. The maximum atomic E-state index is 14.2. The van der Waals surface area contributed by atoms with Crippen molar-refractivity contribution >= 4 is 23.2 Å². The molecule has 0 unspecified atom stereocenters. The van der Waals surface area contributed by atoms with Gasteiger partial charge in [0.2, 0.25) is 5.95 Å². The number of benzene rings is 2. The van der Waals surface area contributed by atoms with Crippen LogP contribution in [0.2, 0.25) is 0 Å². The third kappa shape index (κ3) is 4.50. The number of amides is 1. The van der Waals surface area contributed by atoms with Gasteiger partial charge in [-0.2, -0.15) is 0 Å². The molecule has 0 fully saturated rings. The first-order valence-electron chi connectivity index (χ1n) is 9.06. The van der Waals surface area contributed by atoms with Gasteiger partial charge in [-0.15, -0.1) is 0 Å². The van der Waals surface area contributed by atoms with Crippen molar-refractivity contribution in [3.05, 3.63) is 96.3 Å². The van der Waals surface area contributed by atoms with E-state index in [0.717, 1.165) is 6.07 Å². The average molecular weight is 421 g/mol. The van der Waals surface area contributed by atoms with Crippen molar-refractivity contribution in [2.24, 2.45) is 0 Å². The molecule has 31 heavy (non-hydrogen) atoms. The molecule has 0 aliphatic heterocycles. The van der Waals surface area contributed by atoms with Crippen LogP contribution in [-0.4, -0.2) is 20.9 Å². The van der Waals surface area contributed by atoms with Crippen molar-refractivity contribution in [2.75, 3.05) is 10.6 Å². The maximum absolute atomic E-state index is 14.2. The molecule has 4 rings (SSSR count). The van der Waals surface area contributed by atoms with Crippen LogP contribution in [0.15, 0.2) is 73.2 Å². The zero-order chi connectivity index (χ0) is 21.8. The summed E-state index contributed by atoms with van der Waals surface area (Å²) in [5, 5.41) is 5.25. The lowest BCUT2D eigenvalue weighted by Gasteiger charge is -2.12. The molecule has 0 bridgehead atoms. The molecular formula is C22H14F3N5O. The second-order valence-corrected chi connectivity index (χ2v) is 6.37. The highest BCUT2D eigenvalue weighted by Crippen LogP contribution is 2.29. The number of hydrogen-bond donors (Lipinski definition) is 2. The normalized spacial score (nSPS) is 10.5. The van der Waals surface area contributed by atoms with E-state index < -0.39 is 23.4 Å². The van der Waals surface area contributed by atoms with Gasteiger partial charge >= 0.3 is 0 Å². The summed E-state index contributed by atoms with van der Waals surface area (Å²) in [7, 11) is 0. The van der Waals surface area contributed by atoms with Crippen LogP contribution in [0.1, 0.15) is 10.5 Å². The summed E-state index contributed by atoms with van der Waals surface area (Å²) in [6.45, 7) is 0. The Morgan fingerprint density at radius 2 is 1.68 bits per heavy atom. The third-order valence-electron chi connectivity index (χ3n) is 4.30. The van der Waals surface area contributed by atoms with Gasteiger partial charge in [0.1, 0.15) is 23.1 Å².